The number of nitrogens with one attached hydrogen (secondary N) is 1. The van der Waals surface area contributed by atoms with Crippen LogP contribution < -0.4 is 5.32 Å². The summed E-state index contributed by atoms with van der Waals surface area (Å²) in [5.41, 5.74) is 0. The van der Waals surface area contributed by atoms with Gasteiger partial charge in [-0.2, -0.15) is 0 Å². The molecular weight excluding hydrogens is 122 g/mol. The van der Waals surface area contributed by atoms with Gasteiger partial charge < -0.3 is 5.32 Å². The van der Waals surface area contributed by atoms with Crippen molar-refractivity contribution in [2.75, 3.05) is 6.54 Å². The van der Waals surface area contributed by atoms with Gasteiger partial charge in [-0.1, -0.05) is 31.2 Å². The van der Waals surface area contributed by atoms with Gasteiger partial charge in [0.25, 0.3) is 0 Å². The summed E-state index contributed by atoms with van der Waals surface area (Å²) >= 11 is 0. The van der Waals surface area contributed by atoms with Crippen LogP contribution >= 0.6 is 0 Å². The fraction of sp³-hybridized carbons (Fsp3) is 0.556. The number of hydrogen-bond acceptors (Lipinski definition) is 1. The van der Waals surface area contributed by atoms with Gasteiger partial charge in [0.2, 0.25) is 0 Å². The monoisotopic (exact) mass is 137 g/mol. The minimum Gasteiger partial charge on any atom is -0.311 e. The van der Waals surface area contributed by atoms with E-state index >= 15 is 0 Å². The van der Waals surface area contributed by atoms with Crippen molar-refractivity contribution in [3.63, 3.8) is 0 Å². The van der Waals surface area contributed by atoms with Crippen molar-refractivity contribution >= 4 is 0 Å². The van der Waals surface area contributed by atoms with Crippen LogP contribution in [0.1, 0.15) is 19.3 Å². The molecule has 0 radical (unpaired) electrons. The summed E-state index contributed by atoms with van der Waals surface area (Å²) in [4.78, 5) is 0. The predicted molar refractivity (Wildman–Crippen MR) is 45.0 cm³/mol. The largest absolute Gasteiger partial charge is 0.311 e. The molecule has 1 unspecified atom stereocenters. The number of allylic oxidation sites excluding steroid dienone is 2. The summed E-state index contributed by atoms with van der Waals surface area (Å²) in [5, 5.41) is 3.42. The topological polar surface area (TPSA) is 12.0 Å². The quantitative estimate of drug-likeness (QED) is 0.573. The molecule has 0 aromatic carbocycles. The van der Waals surface area contributed by atoms with E-state index in [1.54, 1.807) is 0 Å². The van der Waals surface area contributed by atoms with Crippen LogP contribution in [0, 0.1) is 0 Å². The van der Waals surface area contributed by atoms with Crippen molar-refractivity contribution in [1.29, 1.82) is 0 Å². The van der Waals surface area contributed by atoms with Gasteiger partial charge in [-0.25, -0.2) is 0 Å². The van der Waals surface area contributed by atoms with Crippen molar-refractivity contribution in [2.24, 2.45) is 0 Å². The lowest BCUT2D eigenvalue weighted by Crippen LogP contribution is -2.31. The lowest BCUT2D eigenvalue weighted by Gasteiger charge is -2.19. The molecule has 0 aromatic heterocycles. The van der Waals surface area contributed by atoms with Gasteiger partial charge in [0.05, 0.1) is 0 Å². The molecule has 0 bridgehead atoms. The Bertz CT molecular complexity index is 121. The highest BCUT2D eigenvalue weighted by molar-refractivity contribution is 5.03. The third-order valence-corrected chi connectivity index (χ3v) is 1.83. The molecule has 1 rings (SSSR count). The summed E-state index contributed by atoms with van der Waals surface area (Å²) in [6.45, 7) is 4.80. The highest BCUT2D eigenvalue weighted by Crippen LogP contribution is 2.07. The van der Waals surface area contributed by atoms with E-state index in [9.17, 15) is 0 Å². The van der Waals surface area contributed by atoms with Crippen LogP contribution in [0.15, 0.2) is 24.8 Å². The second kappa shape index (κ2) is 4.29. The first-order valence-corrected chi connectivity index (χ1v) is 3.96. The summed E-state index contributed by atoms with van der Waals surface area (Å²) in [6, 6.07) is 0.603. The molecule has 0 aliphatic carbocycles. The van der Waals surface area contributed by atoms with Crippen molar-refractivity contribution in [2.45, 2.75) is 25.3 Å². The molecule has 1 saturated heterocycles. The Labute approximate surface area is 62.8 Å². The zero-order chi connectivity index (χ0) is 7.23. The highest BCUT2D eigenvalue weighted by Gasteiger charge is 2.07. The van der Waals surface area contributed by atoms with Gasteiger partial charge in [0, 0.05) is 6.04 Å². The number of piperidine rings is 1. The average molecular weight is 137 g/mol. The SMILES string of the molecule is C=CC=CC1CCCCN1. The van der Waals surface area contributed by atoms with Crippen molar-refractivity contribution in [1.82, 2.24) is 5.32 Å². The van der Waals surface area contributed by atoms with Gasteiger partial charge in [-0.05, 0) is 19.4 Å². The Morgan fingerprint density at radius 3 is 2.90 bits per heavy atom. The molecule has 1 fully saturated rings. The van der Waals surface area contributed by atoms with Crippen LogP contribution in [0.5, 0.6) is 0 Å². The van der Waals surface area contributed by atoms with Gasteiger partial charge in [-0.15, -0.1) is 0 Å². The average Bonchev–Trinajstić information content (AvgIpc) is 2.03. The van der Waals surface area contributed by atoms with Crippen molar-refractivity contribution < 1.29 is 0 Å². The summed E-state index contributed by atoms with van der Waals surface area (Å²) < 4.78 is 0. The molecule has 1 nitrogen and oxygen atoms in total. The third kappa shape index (κ3) is 2.36. The third-order valence-electron chi connectivity index (χ3n) is 1.83. The lowest BCUT2D eigenvalue weighted by molar-refractivity contribution is 0.454. The van der Waals surface area contributed by atoms with E-state index in [0.717, 1.165) is 0 Å². The first-order chi connectivity index (χ1) is 4.93. The van der Waals surface area contributed by atoms with E-state index < -0.39 is 0 Å². The zero-order valence-electron chi connectivity index (χ0n) is 6.34. The molecule has 0 saturated carbocycles. The lowest BCUT2D eigenvalue weighted by atomic mass is 10.0. The van der Waals surface area contributed by atoms with Gasteiger partial charge in [0.1, 0.15) is 0 Å². The van der Waals surface area contributed by atoms with Crippen LogP contribution in [0.25, 0.3) is 0 Å². The van der Waals surface area contributed by atoms with Crippen LogP contribution in [-0.4, -0.2) is 12.6 Å². The maximum Gasteiger partial charge on any atom is 0.0253 e. The maximum atomic E-state index is 3.63. The molecule has 1 heteroatoms. The van der Waals surface area contributed by atoms with Gasteiger partial charge >= 0.3 is 0 Å². The molecule has 0 aromatic rings. The normalized spacial score (nSPS) is 27.0. The summed E-state index contributed by atoms with van der Waals surface area (Å²) in [6.07, 6.45) is 10.0. The van der Waals surface area contributed by atoms with E-state index in [1.165, 1.54) is 25.8 Å². The second-order valence-corrected chi connectivity index (χ2v) is 2.68. The van der Waals surface area contributed by atoms with E-state index in [2.05, 4.69) is 18.0 Å². The van der Waals surface area contributed by atoms with E-state index in [1.807, 2.05) is 12.2 Å². The Hall–Kier alpha value is -0.560. The minimum atomic E-state index is 0.603. The van der Waals surface area contributed by atoms with Crippen molar-refractivity contribution in [3.8, 4) is 0 Å². The molecule has 56 valence electrons. The molecule has 0 amide bonds. The van der Waals surface area contributed by atoms with Crippen LogP contribution in [0.3, 0.4) is 0 Å². The Morgan fingerprint density at radius 1 is 1.40 bits per heavy atom. The van der Waals surface area contributed by atoms with Crippen molar-refractivity contribution in [3.05, 3.63) is 24.8 Å². The molecular formula is C9H15N. The van der Waals surface area contributed by atoms with Crippen LogP contribution in [0.4, 0.5) is 0 Å². The highest BCUT2D eigenvalue weighted by atomic mass is 14.9. The Morgan fingerprint density at radius 2 is 2.30 bits per heavy atom. The molecule has 0 spiro atoms. The fourth-order valence-electron chi connectivity index (χ4n) is 1.26. The molecule has 1 aliphatic heterocycles. The van der Waals surface area contributed by atoms with Crippen LogP contribution in [0.2, 0.25) is 0 Å². The minimum absolute atomic E-state index is 0.603. The first kappa shape index (κ1) is 7.55. The van der Waals surface area contributed by atoms with Gasteiger partial charge in [-0.3, -0.25) is 0 Å². The van der Waals surface area contributed by atoms with Crippen LogP contribution in [-0.2, 0) is 0 Å². The first-order valence-electron chi connectivity index (χ1n) is 3.96. The summed E-state index contributed by atoms with van der Waals surface area (Å²) in [5.74, 6) is 0. The predicted octanol–water partition coefficient (Wildman–Crippen LogP) is 1.87. The maximum absolute atomic E-state index is 3.63. The Kier molecular flexibility index (Phi) is 3.23. The molecule has 1 atom stereocenters. The molecule has 1 aliphatic rings. The van der Waals surface area contributed by atoms with Gasteiger partial charge in [0.15, 0.2) is 0 Å². The summed E-state index contributed by atoms with van der Waals surface area (Å²) in [7, 11) is 0. The zero-order valence-corrected chi connectivity index (χ0v) is 6.34. The number of rotatable bonds is 2. The molecule has 1 N–H and O–H groups in total. The van der Waals surface area contributed by atoms with E-state index in [-0.39, 0.29) is 0 Å². The molecule has 1 heterocycles. The Balaban J connectivity index is 2.25. The fourth-order valence-corrected chi connectivity index (χ4v) is 1.26. The number of hydrogen-bond donors (Lipinski definition) is 1. The second-order valence-electron chi connectivity index (χ2n) is 2.68. The smallest absolute Gasteiger partial charge is 0.0253 e. The standard InChI is InChI=1S/C9H15N/c1-2-3-6-9-7-4-5-8-10-9/h2-3,6,9-10H,1,4-5,7-8H2. The van der Waals surface area contributed by atoms with E-state index in [0.29, 0.717) is 6.04 Å². The molecule has 10 heavy (non-hydrogen) atoms. The van der Waals surface area contributed by atoms with E-state index in [4.69, 9.17) is 0 Å².